The molecule has 0 atom stereocenters. The number of amides is 2. The zero-order valence-corrected chi connectivity index (χ0v) is 14.6. The molecule has 0 aliphatic carbocycles. The van der Waals surface area contributed by atoms with E-state index in [1.165, 1.54) is 12.5 Å². The van der Waals surface area contributed by atoms with Crippen LogP contribution < -0.4 is 10.6 Å². The van der Waals surface area contributed by atoms with Gasteiger partial charge in [-0.1, -0.05) is 0 Å². The maximum absolute atomic E-state index is 12.4. The van der Waals surface area contributed by atoms with E-state index >= 15 is 0 Å². The van der Waals surface area contributed by atoms with Crippen LogP contribution in [-0.4, -0.2) is 26.3 Å². The topological polar surface area (TPSA) is 102 Å². The summed E-state index contributed by atoms with van der Waals surface area (Å²) in [5.41, 5.74) is 1.62. The predicted octanol–water partition coefficient (Wildman–Crippen LogP) is 3.36. The summed E-state index contributed by atoms with van der Waals surface area (Å²) in [6.45, 7) is 0. The average Bonchev–Trinajstić information content (AvgIpc) is 3.44. The first-order chi connectivity index (χ1) is 13.7. The van der Waals surface area contributed by atoms with Crippen LogP contribution >= 0.6 is 0 Å². The van der Waals surface area contributed by atoms with Crippen LogP contribution in [0.5, 0.6) is 0 Å². The van der Waals surface area contributed by atoms with E-state index in [1.807, 2.05) is 0 Å². The van der Waals surface area contributed by atoms with Crippen molar-refractivity contribution in [3.05, 3.63) is 91.0 Å². The molecule has 0 spiro atoms. The highest BCUT2D eigenvalue weighted by Gasteiger charge is 2.10. The van der Waals surface area contributed by atoms with Crippen molar-refractivity contribution in [2.45, 2.75) is 0 Å². The Morgan fingerprint density at radius 1 is 0.929 bits per heavy atom. The molecule has 3 heterocycles. The second-order valence-corrected chi connectivity index (χ2v) is 5.84. The third-order valence-corrected chi connectivity index (χ3v) is 3.92. The normalized spacial score (nSPS) is 10.4. The van der Waals surface area contributed by atoms with Gasteiger partial charge in [-0.25, -0.2) is 9.97 Å². The Labute approximate surface area is 159 Å². The molecule has 2 amide bonds. The van der Waals surface area contributed by atoms with Gasteiger partial charge in [-0.15, -0.1) is 0 Å². The maximum Gasteiger partial charge on any atom is 0.291 e. The first-order valence-corrected chi connectivity index (χ1v) is 8.40. The van der Waals surface area contributed by atoms with Crippen molar-refractivity contribution in [1.82, 2.24) is 14.5 Å². The van der Waals surface area contributed by atoms with E-state index in [9.17, 15) is 9.59 Å². The number of benzene rings is 1. The summed E-state index contributed by atoms with van der Waals surface area (Å²) in [4.78, 5) is 32.6. The molecule has 0 saturated heterocycles. The van der Waals surface area contributed by atoms with Gasteiger partial charge in [0.15, 0.2) is 5.76 Å². The zero-order valence-electron chi connectivity index (χ0n) is 14.6. The SMILES string of the molecule is O=C(Nc1ccc(NC(=O)c2ccco2)cc1)c1ccc(-n2ccnc2)nc1. The largest absolute Gasteiger partial charge is 0.459 e. The van der Waals surface area contributed by atoms with Crippen LogP contribution in [0, 0.1) is 0 Å². The van der Waals surface area contributed by atoms with E-state index in [0.29, 0.717) is 22.8 Å². The highest BCUT2D eigenvalue weighted by Crippen LogP contribution is 2.16. The van der Waals surface area contributed by atoms with E-state index in [1.54, 1.807) is 71.8 Å². The molecule has 8 heteroatoms. The number of hydrogen-bond donors (Lipinski definition) is 2. The second kappa shape index (κ2) is 7.58. The molecular formula is C20H15N5O3. The van der Waals surface area contributed by atoms with Crippen LogP contribution in [0.2, 0.25) is 0 Å². The molecule has 8 nitrogen and oxygen atoms in total. The third-order valence-electron chi connectivity index (χ3n) is 3.92. The standard InChI is InChI=1S/C20H15N5O3/c26-19(14-3-8-18(22-12-14)25-10-9-21-13-25)23-15-4-6-16(7-5-15)24-20(27)17-2-1-11-28-17/h1-13H,(H,23,26)(H,24,27). The van der Waals surface area contributed by atoms with Crippen molar-refractivity contribution in [1.29, 1.82) is 0 Å². The van der Waals surface area contributed by atoms with Crippen molar-refractivity contribution in [3.8, 4) is 5.82 Å². The number of anilines is 2. The summed E-state index contributed by atoms with van der Waals surface area (Å²) in [5, 5.41) is 5.50. The van der Waals surface area contributed by atoms with Gasteiger partial charge in [0.25, 0.3) is 11.8 Å². The molecule has 28 heavy (non-hydrogen) atoms. The molecule has 0 radical (unpaired) electrons. The Kier molecular flexibility index (Phi) is 4.67. The van der Waals surface area contributed by atoms with Crippen molar-refractivity contribution < 1.29 is 14.0 Å². The average molecular weight is 373 g/mol. The molecule has 0 bridgehead atoms. The van der Waals surface area contributed by atoms with Crippen molar-refractivity contribution in [3.63, 3.8) is 0 Å². The third kappa shape index (κ3) is 3.80. The smallest absolute Gasteiger partial charge is 0.291 e. The molecule has 0 aliphatic rings. The summed E-state index contributed by atoms with van der Waals surface area (Å²) in [6, 6.07) is 13.4. The fraction of sp³-hybridized carbons (Fsp3) is 0. The second-order valence-electron chi connectivity index (χ2n) is 5.84. The van der Waals surface area contributed by atoms with Gasteiger partial charge in [-0.3, -0.25) is 14.2 Å². The van der Waals surface area contributed by atoms with Crippen LogP contribution in [0.25, 0.3) is 5.82 Å². The van der Waals surface area contributed by atoms with Gasteiger partial charge in [-0.05, 0) is 48.5 Å². The summed E-state index contributed by atoms with van der Waals surface area (Å²) in [5.74, 6) is 0.276. The van der Waals surface area contributed by atoms with Crippen LogP contribution in [0.1, 0.15) is 20.9 Å². The highest BCUT2D eigenvalue weighted by atomic mass is 16.3. The Morgan fingerprint density at radius 3 is 2.25 bits per heavy atom. The fourth-order valence-corrected chi connectivity index (χ4v) is 2.51. The summed E-state index contributed by atoms with van der Waals surface area (Å²) in [6.07, 6.45) is 8.00. The molecule has 2 N–H and O–H groups in total. The molecule has 0 aliphatic heterocycles. The number of nitrogens with one attached hydrogen (secondary N) is 2. The number of pyridine rings is 1. The first kappa shape index (κ1) is 17.2. The molecule has 0 fully saturated rings. The molecule has 4 rings (SSSR count). The van der Waals surface area contributed by atoms with Gasteiger partial charge >= 0.3 is 0 Å². The Hall–Kier alpha value is -4.20. The van der Waals surface area contributed by atoms with Gasteiger partial charge in [0, 0.05) is 30.0 Å². The Bertz CT molecular complexity index is 1070. The minimum absolute atomic E-state index is 0.226. The minimum atomic E-state index is -0.342. The predicted molar refractivity (Wildman–Crippen MR) is 102 cm³/mol. The van der Waals surface area contributed by atoms with Crippen LogP contribution in [0.4, 0.5) is 11.4 Å². The Balaban J connectivity index is 1.38. The van der Waals surface area contributed by atoms with E-state index in [2.05, 4.69) is 20.6 Å². The number of hydrogen-bond acceptors (Lipinski definition) is 5. The lowest BCUT2D eigenvalue weighted by Gasteiger charge is -2.08. The van der Waals surface area contributed by atoms with Gasteiger partial charge < -0.3 is 15.1 Å². The lowest BCUT2D eigenvalue weighted by molar-refractivity contribution is 0.0994. The molecular weight excluding hydrogens is 358 g/mol. The number of carbonyl (C=O) groups excluding carboxylic acids is 2. The molecule has 3 aromatic heterocycles. The number of imidazole rings is 1. The summed E-state index contributed by atoms with van der Waals surface area (Å²) in [7, 11) is 0. The van der Waals surface area contributed by atoms with Gasteiger partial charge in [0.2, 0.25) is 0 Å². The first-order valence-electron chi connectivity index (χ1n) is 8.40. The molecule has 0 unspecified atom stereocenters. The molecule has 1 aromatic carbocycles. The highest BCUT2D eigenvalue weighted by molar-refractivity contribution is 6.04. The van der Waals surface area contributed by atoms with Crippen LogP contribution in [0.3, 0.4) is 0 Å². The van der Waals surface area contributed by atoms with Gasteiger partial charge in [-0.2, -0.15) is 0 Å². The Morgan fingerprint density at radius 2 is 1.68 bits per heavy atom. The monoisotopic (exact) mass is 373 g/mol. The van der Waals surface area contributed by atoms with E-state index < -0.39 is 0 Å². The molecule has 4 aromatic rings. The van der Waals surface area contributed by atoms with Crippen molar-refractivity contribution >= 4 is 23.2 Å². The molecule has 138 valence electrons. The molecule has 0 saturated carbocycles. The lowest BCUT2D eigenvalue weighted by Crippen LogP contribution is -2.13. The summed E-state index contributed by atoms with van der Waals surface area (Å²) >= 11 is 0. The van der Waals surface area contributed by atoms with Gasteiger partial charge in [0.1, 0.15) is 12.1 Å². The van der Waals surface area contributed by atoms with Crippen LogP contribution in [0.15, 0.2) is 84.1 Å². The fourth-order valence-electron chi connectivity index (χ4n) is 2.51. The van der Waals surface area contributed by atoms with Crippen LogP contribution in [-0.2, 0) is 0 Å². The number of aromatic nitrogens is 3. The summed E-state index contributed by atoms with van der Waals surface area (Å²) < 4.78 is 6.79. The van der Waals surface area contributed by atoms with E-state index in [-0.39, 0.29) is 17.6 Å². The maximum atomic E-state index is 12.4. The van der Waals surface area contributed by atoms with E-state index in [4.69, 9.17) is 4.42 Å². The van der Waals surface area contributed by atoms with Crippen molar-refractivity contribution in [2.24, 2.45) is 0 Å². The number of furan rings is 1. The number of rotatable bonds is 5. The van der Waals surface area contributed by atoms with Crippen molar-refractivity contribution in [2.75, 3.05) is 10.6 Å². The minimum Gasteiger partial charge on any atom is -0.459 e. The number of carbonyl (C=O) groups is 2. The lowest BCUT2D eigenvalue weighted by atomic mass is 10.2. The zero-order chi connectivity index (χ0) is 19.3. The quantitative estimate of drug-likeness (QED) is 0.558. The number of nitrogens with zero attached hydrogens (tertiary/aromatic N) is 3. The van der Waals surface area contributed by atoms with E-state index in [0.717, 1.165) is 0 Å². The van der Waals surface area contributed by atoms with Gasteiger partial charge in [0.05, 0.1) is 11.8 Å².